The minimum atomic E-state index is -0.472. The van der Waals surface area contributed by atoms with E-state index in [4.69, 9.17) is 0 Å². The van der Waals surface area contributed by atoms with Gasteiger partial charge in [0.25, 0.3) is 0 Å². The Morgan fingerprint density at radius 1 is 0.600 bits per heavy atom. The Kier molecular flexibility index (Phi) is 7.87. The first-order chi connectivity index (χ1) is 18.9. The molecule has 0 N–H and O–H groups in total. The summed E-state index contributed by atoms with van der Waals surface area (Å²) in [5.41, 5.74) is 3.42. The molecule has 0 aromatic carbocycles. The predicted octanol–water partition coefficient (Wildman–Crippen LogP) is 7.73. The number of allylic oxidation sites excluding steroid dienone is 8. The second-order valence-corrected chi connectivity index (χ2v) is 14.3. The number of hydrogen-bond acceptors (Lipinski definition) is 4. The van der Waals surface area contributed by atoms with E-state index in [1.165, 1.54) is 36.8 Å². The van der Waals surface area contributed by atoms with Crippen molar-refractivity contribution in [2.45, 2.75) is 106 Å². The molecule has 6 aliphatic rings. The van der Waals surface area contributed by atoms with E-state index >= 15 is 0 Å². The van der Waals surface area contributed by atoms with E-state index in [9.17, 15) is 19.2 Å². The summed E-state index contributed by atoms with van der Waals surface area (Å²) in [6.45, 7) is 12.1. The van der Waals surface area contributed by atoms with Crippen LogP contribution in [-0.2, 0) is 19.2 Å². The van der Waals surface area contributed by atoms with Crippen LogP contribution < -0.4 is 0 Å². The molecule has 0 unspecified atom stereocenters. The normalized spacial score (nSPS) is 37.2. The van der Waals surface area contributed by atoms with E-state index in [1.54, 1.807) is 12.2 Å². The van der Waals surface area contributed by atoms with E-state index < -0.39 is 10.8 Å². The highest BCUT2D eigenvalue weighted by Gasteiger charge is 2.56. The lowest BCUT2D eigenvalue weighted by Crippen LogP contribution is -2.51. The van der Waals surface area contributed by atoms with Crippen molar-refractivity contribution in [2.24, 2.45) is 46.3 Å². The first kappa shape index (κ1) is 29.1. The van der Waals surface area contributed by atoms with E-state index in [0.717, 1.165) is 49.7 Å². The monoisotopic (exact) mass is 544 g/mol. The lowest BCUT2D eigenvalue weighted by atomic mass is 9.52. The average molecular weight is 545 g/mol. The van der Waals surface area contributed by atoms with Gasteiger partial charge in [0, 0.05) is 33.8 Å². The fraction of sp³-hybridized carbons (Fsp3) is 0.667. The lowest BCUT2D eigenvalue weighted by Gasteiger charge is -2.49. The Balaban J connectivity index is 0.000000161. The summed E-state index contributed by atoms with van der Waals surface area (Å²) in [6.07, 6.45) is 18.6. The molecule has 0 radical (unpaired) electrons. The molecular weight excluding hydrogens is 496 g/mol. The number of hydrogen-bond donors (Lipinski definition) is 0. The number of Topliss-reactive ketones (excluding diaryl/α,β-unsaturated/α-hetero) is 2. The zero-order chi connectivity index (χ0) is 29.0. The van der Waals surface area contributed by atoms with Gasteiger partial charge in [0.2, 0.25) is 0 Å². The summed E-state index contributed by atoms with van der Waals surface area (Å²) in [5, 5.41) is 0. The second-order valence-electron chi connectivity index (χ2n) is 14.3. The van der Waals surface area contributed by atoms with Gasteiger partial charge in [-0.15, -0.1) is 0 Å². The fourth-order valence-corrected chi connectivity index (χ4v) is 8.93. The van der Waals surface area contributed by atoms with Gasteiger partial charge < -0.3 is 0 Å². The Hall–Kier alpha value is -2.36. The molecule has 6 atom stereocenters. The van der Waals surface area contributed by atoms with Crippen molar-refractivity contribution in [3.05, 3.63) is 46.6 Å². The van der Waals surface area contributed by atoms with Crippen molar-refractivity contribution in [3.8, 4) is 0 Å². The van der Waals surface area contributed by atoms with Gasteiger partial charge in [-0.05, 0) is 87.2 Å². The van der Waals surface area contributed by atoms with Crippen LogP contribution in [-0.4, -0.2) is 23.1 Å². The summed E-state index contributed by atoms with van der Waals surface area (Å²) in [7, 11) is 0. The Labute approximate surface area is 240 Å². The average Bonchev–Trinajstić information content (AvgIpc) is 2.93. The number of ketones is 4. The molecule has 2 saturated carbocycles. The standard InChI is InChI=1S/2C18H24O2/c2*1-11(2)13-10-16(19)18(3)14-7-5-4-6-12(14)8-9-15(18)17(13)20/h2*8,10-11,14-15H,4-7,9H2,1-3H3/t2*14-,15-,18-/m10/s1. The first-order valence-corrected chi connectivity index (χ1v) is 15.9. The maximum atomic E-state index is 12.8. The SMILES string of the molecule is CC(C)C1=CC(=O)[C@@]2(C)[C@H](CC=C3CCCC[C@H]32)C1=O.CC(C)C1=CC(=O)[C@]2(C)[C@@H](CC=C3CCCC[C@@H]32)C1=O. The maximum Gasteiger partial charge on any atom is 0.163 e. The molecule has 0 aromatic rings. The lowest BCUT2D eigenvalue weighted by molar-refractivity contribution is -0.140. The van der Waals surface area contributed by atoms with Gasteiger partial charge in [0.15, 0.2) is 23.1 Å². The quantitative estimate of drug-likeness (QED) is 0.334. The molecule has 0 saturated heterocycles. The number of rotatable bonds is 2. The second kappa shape index (κ2) is 10.8. The van der Waals surface area contributed by atoms with Crippen LogP contribution >= 0.6 is 0 Å². The third-order valence-corrected chi connectivity index (χ3v) is 11.5. The first-order valence-electron chi connectivity index (χ1n) is 15.9. The maximum absolute atomic E-state index is 12.8. The van der Waals surface area contributed by atoms with Crippen molar-refractivity contribution < 1.29 is 19.2 Å². The Morgan fingerprint density at radius 2 is 0.975 bits per heavy atom. The molecule has 0 amide bonds. The van der Waals surface area contributed by atoms with Crippen molar-refractivity contribution in [1.82, 2.24) is 0 Å². The zero-order valence-electron chi connectivity index (χ0n) is 25.5. The van der Waals surface area contributed by atoms with E-state index in [1.807, 2.05) is 27.7 Å². The molecule has 216 valence electrons. The molecule has 2 fully saturated rings. The molecule has 6 aliphatic carbocycles. The molecule has 0 aliphatic heterocycles. The van der Waals surface area contributed by atoms with Gasteiger partial charge in [-0.25, -0.2) is 0 Å². The molecule has 0 aromatic heterocycles. The van der Waals surface area contributed by atoms with Crippen molar-refractivity contribution in [3.63, 3.8) is 0 Å². The zero-order valence-corrected chi connectivity index (χ0v) is 25.5. The van der Waals surface area contributed by atoms with Crippen LogP contribution in [0.15, 0.2) is 46.6 Å². The Bertz CT molecular complexity index is 1140. The van der Waals surface area contributed by atoms with Gasteiger partial charge in [0.1, 0.15) is 0 Å². The van der Waals surface area contributed by atoms with Gasteiger partial charge in [0.05, 0.1) is 0 Å². The third kappa shape index (κ3) is 4.49. The largest absolute Gasteiger partial charge is 0.294 e. The van der Waals surface area contributed by atoms with Crippen molar-refractivity contribution >= 4 is 23.1 Å². The minimum Gasteiger partial charge on any atom is -0.294 e. The van der Waals surface area contributed by atoms with E-state index in [2.05, 4.69) is 26.0 Å². The van der Waals surface area contributed by atoms with Crippen LogP contribution in [0.3, 0.4) is 0 Å². The summed E-state index contributed by atoms with van der Waals surface area (Å²) in [6, 6.07) is 0. The van der Waals surface area contributed by atoms with Crippen LogP contribution in [0.5, 0.6) is 0 Å². The minimum absolute atomic E-state index is 0.121. The highest BCUT2D eigenvalue weighted by Crippen LogP contribution is 2.55. The van der Waals surface area contributed by atoms with Gasteiger partial charge in [-0.2, -0.15) is 0 Å². The molecule has 0 heterocycles. The molecular formula is C36H48O4. The highest BCUT2D eigenvalue weighted by atomic mass is 16.1. The number of carbonyl (C=O) groups excluding carboxylic acids is 4. The van der Waals surface area contributed by atoms with Crippen LogP contribution in [0.2, 0.25) is 0 Å². The van der Waals surface area contributed by atoms with Crippen molar-refractivity contribution in [1.29, 1.82) is 0 Å². The molecule has 6 rings (SSSR count). The van der Waals surface area contributed by atoms with E-state index in [-0.39, 0.29) is 46.8 Å². The van der Waals surface area contributed by atoms with Crippen LogP contribution in [0.25, 0.3) is 0 Å². The van der Waals surface area contributed by atoms with Gasteiger partial charge in [-0.1, -0.05) is 77.7 Å². The van der Waals surface area contributed by atoms with Gasteiger partial charge >= 0.3 is 0 Å². The third-order valence-electron chi connectivity index (χ3n) is 11.5. The summed E-state index contributed by atoms with van der Waals surface area (Å²) in [4.78, 5) is 51.2. The summed E-state index contributed by atoms with van der Waals surface area (Å²) < 4.78 is 0. The van der Waals surface area contributed by atoms with Crippen molar-refractivity contribution in [2.75, 3.05) is 0 Å². The molecule has 0 bridgehead atoms. The van der Waals surface area contributed by atoms with Gasteiger partial charge in [-0.3, -0.25) is 19.2 Å². The topological polar surface area (TPSA) is 68.3 Å². The Morgan fingerprint density at radius 3 is 1.32 bits per heavy atom. The number of fused-ring (bicyclic) bond motifs is 6. The summed E-state index contributed by atoms with van der Waals surface area (Å²) >= 11 is 0. The molecule has 0 spiro atoms. The number of carbonyl (C=O) groups is 4. The molecule has 4 nitrogen and oxygen atoms in total. The van der Waals surface area contributed by atoms with Crippen LogP contribution in [0.4, 0.5) is 0 Å². The van der Waals surface area contributed by atoms with Crippen LogP contribution in [0, 0.1) is 46.3 Å². The summed E-state index contributed by atoms with van der Waals surface area (Å²) in [5.74, 6) is 1.50. The predicted molar refractivity (Wildman–Crippen MR) is 158 cm³/mol. The molecule has 4 heteroatoms. The molecule has 40 heavy (non-hydrogen) atoms. The highest BCUT2D eigenvalue weighted by molar-refractivity contribution is 6.14. The fourth-order valence-electron chi connectivity index (χ4n) is 8.93. The van der Waals surface area contributed by atoms with E-state index in [0.29, 0.717) is 11.8 Å². The smallest absolute Gasteiger partial charge is 0.163 e. The van der Waals surface area contributed by atoms with Crippen LogP contribution in [0.1, 0.15) is 106 Å².